The zero-order valence-corrected chi connectivity index (χ0v) is 9.73. The molecule has 0 aromatic heterocycles. The predicted octanol–water partition coefficient (Wildman–Crippen LogP) is -0.357. The highest BCUT2D eigenvalue weighted by Crippen LogP contribution is 2.02. The Bertz CT molecular complexity index is 319. The van der Waals surface area contributed by atoms with Gasteiger partial charge in [-0.15, -0.1) is 0 Å². The summed E-state index contributed by atoms with van der Waals surface area (Å²) in [6.07, 6.45) is 0.864. The van der Waals surface area contributed by atoms with Gasteiger partial charge in [0, 0.05) is 28.1 Å². The van der Waals surface area contributed by atoms with E-state index in [1.807, 2.05) is 0 Å². The second kappa shape index (κ2) is 5.45. The van der Waals surface area contributed by atoms with Crippen molar-refractivity contribution < 1.29 is 22.5 Å². The Morgan fingerprint density at radius 2 is 2.00 bits per heavy atom. The lowest BCUT2D eigenvalue weighted by molar-refractivity contribution is -0.136. The zero-order valence-electron chi connectivity index (χ0n) is 8.10. The van der Waals surface area contributed by atoms with Crippen molar-refractivity contribution in [3.63, 3.8) is 0 Å². The van der Waals surface area contributed by atoms with Gasteiger partial charge in [0.25, 0.3) is 0 Å². The van der Waals surface area contributed by atoms with Gasteiger partial charge in [0.15, 0.2) is 0 Å². The molecule has 2 atom stereocenters. The molecular weight excluding hydrogens is 228 g/mol. The average Bonchev–Trinajstić information content (AvgIpc) is 1.97. The van der Waals surface area contributed by atoms with Gasteiger partial charge in [0.1, 0.15) is 9.84 Å². The van der Waals surface area contributed by atoms with Crippen LogP contribution in [0.25, 0.3) is 0 Å². The Morgan fingerprint density at radius 1 is 1.50 bits per heavy atom. The predicted molar refractivity (Wildman–Crippen MR) is 54.4 cm³/mol. The van der Waals surface area contributed by atoms with Crippen LogP contribution in [-0.4, -0.2) is 46.7 Å². The maximum absolute atomic E-state index is 11.3. The van der Waals surface area contributed by atoms with Crippen molar-refractivity contribution in [3.05, 3.63) is 0 Å². The van der Waals surface area contributed by atoms with Gasteiger partial charge in [-0.25, -0.2) is 8.42 Å². The fourth-order valence-corrected chi connectivity index (χ4v) is 3.37. The summed E-state index contributed by atoms with van der Waals surface area (Å²) in [5.41, 5.74) is 0. The maximum Gasteiger partial charge on any atom is 0.304 e. The quantitative estimate of drug-likeness (QED) is 0.687. The minimum atomic E-state index is -3.12. The van der Waals surface area contributed by atoms with E-state index >= 15 is 0 Å². The van der Waals surface area contributed by atoms with Crippen LogP contribution in [0, 0.1) is 0 Å². The van der Waals surface area contributed by atoms with Crippen LogP contribution in [0.2, 0.25) is 0 Å². The van der Waals surface area contributed by atoms with Crippen molar-refractivity contribution >= 4 is 26.6 Å². The van der Waals surface area contributed by atoms with E-state index in [4.69, 9.17) is 5.11 Å². The van der Waals surface area contributed by atoms with E-state index in [-0.39, 0.29) is 17.9 Å². The molecule has 1 N–H and O–H groups in total. The van der Waals surface area contributed by atoms with Crippen LogP contribution >= 0.6 is 0 Å². The molecule has 0 aromatic rings. The molecule has 0 heterocycles. The van der Waals surface area contributed by atoms with Gasteiger partial charge in [-0.05, 0) is 0 Å². The van der Waals surface area contributed by atoms with Gasteiger partial charge in [0.05, 0.1) is 12.2 Å². The van der Waals surface area contributed by atoms with Crippen molar-refractivity contribution in [2.75, 3.05) is 17.8 Å². The molecule has 0 aliphatic heterocycles. The number of carbonyl (C=O) groups is 1. The smallest absolute Gasteiger partial charge is 0.304 e. The molecular formula is C7H14O5S2. The molecule has 5 nitrogen and oxygen atoms in total. The minimum absolute atomic E-state index is 0.00722. The third kappa shape index (κ3) is 7.02. The van der Waals surface area contributed by atoms with Crippen LogP contribution in [0.1, 0.15) is 13.3 Å². The lowest BCUT2D eigenvalue weighted by atomic mass is 10.3. The highest BCUT2D eigenvalue weighted by atomic mass is 32.2. The van der Waals surface area contributed by atoms with E-state index in [0.717, 1.165) is 6.26 Å². The first kappa shape index (κ1) is 13.6. The minimum Gasteiger partial charge on any atom is -0.481 e. The molecule has 14 heavy (non-hydrogen) atoms. The first-order valence-electron chi connectivity index (χ1n) is 3.99. The molecule has 0 bridgehead atoms. The Balaban J connectivity index is 4.03. The third-order valence-corrected chi connectivity index (χ3v) is 4.44. The van der Waals surface area contributed by atoms with Crippen molar-refractivity contribution in [2.24, 2.45) is 0 Å². The van der Waals surface area contributed by atoms with Crippen molar-refractivity contribution in [2.45, 2.75) is 18.6 Å². The molecule has 0 aliphatic carbocycles. The number of hydrogen-bond donors (Lipinski definition) is 1. The van der Waals surface area contributed by atoms with Crippen molar-refractivity contribution in [1.82, 2.24) is 0 Å². The van der Waals surface area contributed by atoms with E-state index in [1.54, 1.807) is 0 Å². The maximum atomic E-state index is 11.3. The molecule has 0 aliphatic rings. The zero-order chi connectivity index (χ0) is 11.4. The molecule has 0 saturated carbocycles. The van der Waals surface area contributed by atoms with Crippen LogP contribution in [-0.2, 0) is 25.4 Å². The Labute approximate surface area is 85.9 Å². The summed E-state index contributed by atoms with van der Waals surface area (Å²) in [5.74, 6) is -1.18. The summed E-state index contributed by atoms with van der Waals surface area (Å²) in [7, 11) is -4.51. The molecule has 0 aromatic carbocycles. The largest absolute Gasteiger partial charge is 0.481 e. The fraction of sp³-hybridized carbons (Fsp3) is 0.857. The molecule has 0 saturated heterocycles. The van der Waals surface area contributed by atoms with Gasteiger partial charge in [-0.1, -0.05) is 6.92 Å². The van der Waals surface area contributed by atoms with Crippen LogP contribution < -0.4 is 0 Å². The number of rotatable bonds is 6. The molecule has 0 fully saturated rings. The summed E-state index contributed by atoms with van der Waals surface area (Å²) >= 11 is 0. The summed E-state index contributed by atoms with van der Waals surface area (Å²) < 4.78 is 32.8. The van der Waals surface area contributed by atoms with Crippen LogP contribution in [0.15, 0.2) is 0 Å². The Hall–Kier alpha value is -0.430. The number of hydrogen-bond acceptors (Lipinski definition) is 4. The fourth-order valence-electron chi connectivity index (χ4n) is 0.774. The van der Waals surface area contributed by atoms with Crippen LogP contribution in [0.3, 0.4) is 0 Å². The van der Waals surface area contributed by atoms with E-state index < -0.39 is 31.9 Å². The first-order valence-corrected chi connectivity index (χ1v) is 7.43. The highest BCUT2D eigenvalue weighted by molar-refractivity contribution is 7.92. The molecule has 84 valence electrons. The Morgan fingerprint density at radius 3 is 2.36 bits per heavy atom. The first-order chi connectivity index (χ1) is 6.22. The molecule has 2 unspecified atom stereocenters. The lowest BCUT2D eigenvalue weighted by Crippen LogP contribution is -2.21. The van der Waals surface area contributed by atoms with Gasteiger partial charge >= 0.3 is 5.97 Å². The normalized spacial score (nSPS) is 16.1. The molecule has 0 rings (SSSR count). The second-order valence-corrected chi connectivity index (χ2v) is 7.36. The number of carboxylic acids is 1. The van der Waals surface area contributed by atoms with Gasteiger partial charge in [-0.3, -0.25) is 9.00 Å². The summed E-state index contributed by atoms with van der Waals surface area (Å²) in [4.78, 5) is 10.3. The van der Waals surface area contributed by atoms with Crippen LogP contribution in [0.4, 0.5) is 0 Å². The van der Waals surface area contributed by atoms with Gasteiger partial charge in [0.2, 0.25) is 0 Å². The van der Waals surface area contributed by atoms with Gasteiger partial charge in [-0.2, -0.15) is 0 Å². The average molecular weight is 242 g/mol. The summed E-state index contributed by atoms with van der Waals surface area (Å²) in [6, 6.07) is 0. The second-order valence-electron chi connectivity index (χ2n) is 3.12. The van der Waals surface area contributed by atoms with Crippen molar-refractivity contribution in [3.8, 4) is 0 Å². The molecule has 7 heteroatoms. The SMILES string of the molecule is CC(CC(=O)O)S(=O)CCS(C)(=O)=O. The summed E-state index contributed by atoms with van der Waals surface area (Å²) in [6.45, 7) is 1.53. The number of sulfone groups is 1. The third-order valence-electron chi connectivity index (χ3n) is 1.57. The van der Waals surface area contributed by atoms with E-state index in [1.165, 1.54) is 6.92 Å². The lowest BCUT2D eigenvalue weighted by Gasteiger charge is -2.07. The molecule has 0 amide bonds. The van der Waals surface area contributed by atoms with Crippen molar-refractivity contribution in [1.29, 1.82) is 0 Å². The monoisotopic (exact) mass is 242 g/mol. The Kier molecular flexibility index (Phi) is 5.28. The van der Waals surface area contributed by atoms with E-state index in [2.05, 4.69) is 0 Å². The number of carboxylic acid groups (broad SMARTS) is 1. The number of aliphatic carboxylic acids is 1. The van der Waals surface area contributed by atoms with Gasteiger partial charge < -0.3 is 5.11 Å². The topological polar surface area (TPSA) is 88.5 Å². The standard InChI is InChI=1S/C7H14O5S2/c1-6(5-7(8)9)13(10)3-4-14(2,11)12/h6H,3-5H2,1-2H3,(H,8,9). The highest BCUT2D eigenvalue weighted by Gasteiger charge is 2.16. The van der Waals surface area contributed by atoms with E-state index in [9.17, 15) is 17.4 Å². The molecule has 0 spiro atoms. The van der Waals surface area contributed by atoms with E-state index in [0.29, 0.717) is 0 Å². The van der Waals surface area contributed by atoms with Crippen LogP contribution in [0.5, 0.6) is 0 Å². The molecule has 0 radical (unpaired) electrons. The summed E-state index contributed by atoms with van der Waals surface area (Å²) in [5, 5.41) is 7.90.